The number of carboxylic acids is 1. The number of H-pyrrole nitrogens is 1. The SMILES string of the molecule is CCC(C(=O)O)c1cc(N)nc(=O)[nH]1. The third-order valence-electron chi connectivity index (χ3n) is 1.87. The summed E-state index contributed by atoms with van der Waals surface area (Å²) < 4.78 is 0. The molecule has 6 nitrogen and oxygen atoms in total. The third-order valence-corrected chi connectivity index (χ3v) is 1.87. The lowest BCUT2D eigenvalue weighted by atomic mass is 10.0. The molecule has 4 N–H and O–H groups in total. The maximum Gasteiger partial charge on any atom is 0.347 e. The first-order valence-corrected chi connectivity index (χ1v) is 4.14. The van der Waals surface area contributed by atoms with Gasteiger partial charge in [-0.05, 0) is 6.42 Å². The summed E-state index contributed by atoms with van der Waals surface area (Å²) in [5, 5.41) is 8.83. The van der Waals surface area contributed by atoms with Crippen molar-refractivity contribution in [3.8, 4) is 0 Å². The normalized spacial score (nSPS) is 12.4. The van der Waals surface area contributed by atoms with E-state index in [2.05, 4.69) is 9.97 Å². The molecule has 0 saturated heterocycles. The molecular weight excluding hydrogens is 186 g/mol. The third kappa shape index (κ3) is 2.09. The van der Waals surface area contributed by atoms with E-state index in [0.29, 0.717) is 6.42 Å². The quantitative estimate of drug-likeness (QED) is 0.628. The minimum atomic E-state index is -0.992. The zero-order chi connectivity index (χ0) is 10.7. The summed E-state index contributed by atoms with van der Waals surface area (Å²) in [6, 6.07) is 1.36. The first-order chi connectivity index (χ1) is 6.54. The summed E-state index contributed by atoms with van der Waals surface area (Å²) in [5.74, 6) is -1.70. The second kappa shape index (κ2) is 3.91. The fourth-order valence-corrected chi connectivity index (χ4v) is 1.21. The predicted molar refractivity (Wildman–Crippen MR) is 49.9 cm³/mol. The Bertz CT molecular complexity index is 399. The number of nitrogens with zero attached hydrogens (tertiary/aromatic N) is 1. The van der Waals surface area contributed by atoms with E-state index in [1.165, 1.54) is 6.07 Å². The average Bonchev–Trinajstić information content (AvgIpc) is 2.02. The van der Waals surface area contributed by atoms with Crippen LogP contribution in [0.2, 0.25) is 0 Å². The monoisotopic (exact) mass is 197 g/mol. The van der Waals surface area contributed by atoms with Crippen molar-refractivity contribution in [1.82, 2.24) is 9.97 Å². The molecule has 14 heavy (non-hydrogen) atoms. The molecule has 0 bridgehead atoms. The van der Waals surface area contributed by atoms with Crippen LogP contribution in [0.5, 0.6) is 0 Å². The van der Waals surface area contributed by atoms with Crippen molar-refractivity contribution in [2.45, 2.75) is 19.3 Å². The van der Waals surface area contributed by atoms with E-state index in [1.807, 2.05) is 0 Å². The second-order valence-corrected chi connectivity index (χ2v) is 2.87. The Labute approximate surface area is 79.8 Å². The molecule has 0 spiro atoms. The van der Waals surface area contributed by atoms with Crippen molar-refractivity contribution in [2.24, 2.45) is 0 Å². The number of aliphatic carboxylic acids is 1. The van der Waals surface area contributed by atoms with E-state index in [-0.39, 0.29) is 11.5 Å². The summed E-state index contributed by atoms with van der Waals surface area (Å²) in [5.41, 5.74) is 4.99. The van der Waals surface area contributed by atoms with Crippen molar-refractivity contribution < 1.29 is 9.90 Å². The molecule has 76 valence electrons. The zero-order valence-corrected chi connectivity index (χ0v) is 7.65. The molecule has 6 heteroatoms. The number of rotatable bonds is 3. The van der Waals surface area contributed by atoms with Gasteiger partial charge in [-0.15, -0.1) is 0 Å². The number of carboxylic acid groups (broad SMARTS) is 1. The molecule has 1 atom stereocenters. The molecule has 1 heterocycles. The van der Waals surface area contributed by atoms with E-state index in [9.17, 15) is 9.59 Å². The van der Waals surface area contributed by atoms with Gasteiger partial charge in [0.2, 0.25) is 0 Å². The standard InChI is InChI=1S/C8H11N3O3/c1-2-4(7(12)13)5-3-6(9)11-8(14)10-5/h3-4H,2H2,1H3,(H,12,13)(H3,9,10,11,14). The number of nitrogens with one attached hydrogen (secondary N) is 1. The van der Waals surface area contributed by atoms with Crippen molar-refractivity contribution in [2.75, 3.05) is 5.73 Å². The van der Waals surface area contributed by atoms with E-state index in [0.717, 1.165) is 0 Å². The van der Waals surface area contributed by atoms with E-state index in [1.54, 1.807) is 6.92 Å². The Kier molecular flexibility index (Phi) is 2.85. The lowest BCUT2D eigenvalue weighted by Gasteiger charge is -2.09. The molecule has 0 aromatic carbocycles. The summed E-state index contributed by atoms with van der Waals surface area (Å²) in [7, 11) is 0. The Balaban J connectivity index is 3.16. The van der Waals surface area contributed by atoms with Gasteiger partial charge in [-0.25, -0.2) is 4.79 Å². The van der Waals surface area contributed by atoms with Crippen LogP contribution in [-0.2, 0) is 4.79 Å². The van der Waals surface area contributed by atoms with Crippen molar-refractivity contribution in [3.05, 3.63) is 22.2 Å². The summed E-state index contributed by atoms with van der Waals surface area (Å²) >= 11 is 0. The molecule has 0 amide bonds. The number of carbonyl (C=O) groups is 1. The van der Waals surface area contributed by atoms with Gasteiger partial charge in [0.25, 0.3) is 0 Å². The minimum absolute atomic E-state index is 0.0310. The number of aromatic amines is 1. The number of nitrogens with two attached hydrogens (primary N) is 1. The molecule has 0 saturated carbocycles. The zero-order valence-electron chi connectivity index (χ0n) is 7.65. The molecule has 0 aliphatic heterocycles. The smallest absolute Gasteiger partial charge is 0.347 e. The molecule has 1 rings (SSSR count). The topological polar surface area (TPSA) is 109 Å². The van der Waals surface area contributed by atoms with E-state index in [4.69, 9.17) is 10.8 Å². The van der Waals surface area contributed by atoms with Crippen LogP contribution >= 0.6 is 0 Å². The summed E-state index contributed by atoms with van der Waals surface area (Å²) in [4.78, 5) is 27.4. The summed E-state index contributed by atoms with van der Waals surface area (Å²) in [6.07, 6.45) is 0.384. The second-order valence-electron chi connectivity index (χ2n) is 2.87. The predicted octanol–water partition coefficient (Wildman–Crippen LogP) is -0.0697. The first kappa shape index (κ1) is 10.2. The Morgan fingerprint density at radius 1 is 1.79 bits per heavy atom. The van der Waals surface area contributed by atoms with E-state index < -0.39 is 17.6 Å². The number of hydrogen-bond acceptors (Lipinski definition) is 4. The molecule has 1 aromatic heterocycles. The highest BCUT2D eigenvalue weighted by atomic mass is 16.4. The van der Waals surface area contributed by atoms with Gasteiger partial charge >= 0.3 is 11.7 Å². The fourth-order valence-electron chi connectivity index (χ4n) is 1.21. The van der Waals surface area contributed by atoms with Crippen molar-refractivity contribution >= 4 is 11.8 Å². The van der Waals surface area contributed by atoms with Crippen molar-refractivity contribution in [3.63, 3.8) is 0 Å². The largest absolute Gasteiger partial charge is 0.481 e. The van der Waals surface area contributed by atoms with E-state index >= 15 is 0 Å². The number of anilines is 1. The molecule has 0 aliphatic carbocycles. The van der Waals surface area contributed by atoms with Crippen LogP contribution < -0.4 is 11.4 Å². The lowest BCUT2D eigenvalue weighted by Crippen LogP contribution is -2.20. The first-order valence-electron chi connectivity index (χ1n) is 4.14. The summed E-state index contributed by atoms with van der Waals surface area (Å²) in [6.45, 7) is 1.72. The van der Waals surface area contributed by atoms with Gasteiger partial charge in [0, 0.05) is 11.8 Å². The molecule has 0 aliphatic rings. The number of hydrogen-bond donors (Lipinski definition) is 3. The van der Waals surface area contributed by atoms with Crippen molar-refractivity contribution in [1.29, 1.82) is 0 Å². The highest BCUT2D eigenvalue weighted by Crippen LogP contribution is 2.16. The van der Waals surface area contributed by atoms with Crippen LogP contribution in [0.1, 0.15) is 25.0 Å². The highest BCUT2D eigenvalue weighted by molar-refractivity contribution is 5.75. The van der Waals surface area contributed by atoms with Crippen LogP contribution in [0.3, 0.4) is 0 Å². The maximum absolute atomic E-state index is 10.9. The minimum Gasteiger partial charge on any atom is -0.481 e. The molecule has 0 fully saturated rings. The van der Waals surface area contributed by atoms with Gasteiger partial charge < -0.3 is 15.8 Å². The molecule has 0 radical (unpaired) electrons. The average molecular weight is 197 g/mol. The van der Waals surface area contributed by atoms with Crippen LogP contribution in [0.4, 0.5) is 5.82 Å². The van der Waals surface area contributed by atoms with Gasteiger partial charge in [0.1, 0.15) is 5.82 Å². The van der Waals surface area contributed by atoms with Gasteiger partial charge in [-0.2, -0.15) is 4.98 Å². The maximum atomic E-state index is 10.9. The Hall–Kier alpha value is -1.85. The van der Waals surface area contributed by atoms with Gasteiger partial charge in [-0.3, -0.25) is 4.79 Å². The van der Waals surface area contributed by atoms with Gasteiger partial charge in [0.05, 0.1) is 5.92 Å². The number of aromatic nitrogens is 2. The van der Waals surface area contributed by atoms with Crippen LogP contribution in [0, 0.1) is 0 Å². The molecule has 1 aromatic rings. The molecule has 1 unspecified atom stereocenters. The van der Waals surface area contributed by atoms with Gasteiger partial charge in [0.15, 0.2) is 0 Å². The molecular formula is C8H11N3O3. The van der Waals surface area contributed by atoms with Gasteiger partial charge in [-0.1, -0.05) is 6.92 Å². The van der Waals surface area contributed by atoms with Crippen LogP contribution in [-0.4, -0.2) is 21.0 Å². The van der Waals surface area contributed by atoms with Crippen LogP contribution in [0.25, 0.3) is 0 Å². The highest BCUT2D eigenvalue weighted by Gasteiger charge is 2.18. The Morgan fingerprint density at radius 2 is 2.43 bits per heavy atom. The lowest BCUT2D eigenvalue weighted by molar-refractivity contribution is -0.138. The fraction of sp³-hybridized carbons (Fsp3) is 0.375. The number of nitrogen functional groups attached to an aromatic ring is 1. The Morgan fingerprint density at radius 3 is 2.86 bits per heavy atom. The van der Waals surface area contributed by atoms with Crippen LogP contribution in [0.15, 0.2) is 10.9 Å².